The van der Waals surface area contributed by atoms with E-state index in [2.05, 4.69) is 27.3 Å². The van der Waals surface area contributed by atoms with E-state index in [1.165, 1.54) is 48.6 Å². The van der Waals surface area contributed by atoms with Gasteiger partial charge in [0.1, 0.15) is 5.82 Å². The van der Waals surface area contributed by atoms with Crippen LogP contribution >= 0.6 is 0 Å². The summed E-state index contributed by atoms with van der Waals surface area (Å²) in [5.41, 5.74) is 5.60. The Morgan fingerprint density at radius 1 is 1.09 bits per heavy atom. The van der Waals surface area contributed by atoms with E-state index in [-0.39, 0.29) is 17.6 Å². The van der Waals surface area contributed by atoms with Gasteiger partial charge in [-0.15, -0.1) is 0 Å². The number of hydrogen-bond donors (Lipinski definition) is 2. The summed E-state index contributed by atoms with van der Waals surface area (Å²) in [7, 11) is 0. The summed E-state index contributed by atoms with van der Waals surface area (Å²) < 4.78 is 13.5. The summed E-state index contributed by atoms with van der Waals surface area (Å²) in [6.07, 6.45) is 9.43. The normalized spacial score (nSPS) is 18.4. The zero-order chi connectivity index (χ0) is 23.3. The molecule has 5 rings (SSSR count). The second-order valence-corrected chi connectivity index (χ2v) is 9.99. The molecule has 1 aliphatic heterocycles. The van der Waals surface area contributed by atoms with E-state index >= 15 is 0 Å². The molecule has 1 unspecified atom stereocenters. The molecule has 2 N–H and O–H groups in total. The van der Waals surface area contributed by atoms with Crippen molar-refractivity contribution in [1.29, 1.82) is 0 Å². The molecule has 5 heteroatoms. The van der Waals surface area contributed by atoms with Gasteiger partial charge >= 0.3 is 0 Å². The molecule has 2 heterocycles. The zero-order valence-corrected chi connectivity index (χ0v) is 20.0. The van der Waals surface area contributed by atoms with Crippen molar-refractivity contribution >= 4 is 16.7 Å². The first-order valence-electron chi connectivity index (χ1n) is 13.1. The minimum atomic E-state index is -0.176. The number of ketones is 1. The molecule has 1 atom stereocenters. The van der Waals surface area contributed by atoms with Gasteiger partial charge in [0.25, 0.3) is 0 Å². The number of aryl methyl sites for hydroxylation is 1. The van der Waals surface area contributed by atoms with E-state index in [4.69, 9.17) is 0 Å². The van der Waals surface area contributed by atoms with E-state index in [1.54, 1.807) is 12.1 Å². The topological polar surface area (TPSA) is 48.1 Å². The largest absolute Gasteiger partial charge is 0.357 e. The van der Waals surface area contributed by atoms with Crippen LogP contribution in [0.25, 0.3) is 10.9 Å². The van der Waals surface area contributed by atoms with Crippen LogP contribution in [0, 0.1) is 5.82 Å². The third kappa shape index (κ3) is 5.42. The molecule has 1 aliphatic carbocycles. The fourth-order valence-corrected chi connectivity index (χ4v) is 5.69. The molecule has 2 aromatic carbocycles. The molecule has 4 nitrogen and oxygen atoms in total. The van der Waals surface area contributed by atoms with Gasteiger partial charge in [-0.25, -0.2) is 4.39 Å². The minimum absolute atomic E-state index is 0.176. The fraction of sp³-hybridized carbons (Fsp3) is 0.483. The highest BCUT2D eigenvalue weighted by Gasteiger charge is 2.24. The maximum absolute atomic E-state index is 13.5. The van der Waals surface area contributed by atoms with E-state index in [1.807, 2.05) is 12.1 Å². The van der Waals surface area contributed by atoms with Gasteiger partial charge in [-0.1, -0.05) is 12.1 Å². The quantitative estimate of drug-likeness (QED) is 0.289. The van der Waals surface area contributed by atoms with Crippen molar-refractivity contribution in [2.45, 2.75) is 63.8 Å². The fourth-order valence-electron chi connectivity index (χ4n) is 5.69. The molecule has 34 heavy (non-hydrogen) atoms. The van der Waals surface area contributed by atoms with Crippen molar-refractivity contribution in [2.24, 2.45) is 0 Å². The van der Waals surface area contributed by atoms with E-state index in [9.17, 15) is 9.18 Å². The van der Waals surface area contributed by atoms with Crippen LogP contribution in [-0.2, 0) is 12.8 Å². The average Bonchev–Trinajstić information content (AvgIpc) is 3.49. The molecule has 1 aromatic heterocycles. The van der Waals surface area contributed by atoms with Crippen LogP contribution in [0.4, 0.5) is 4.39 Å². The average molecular weight is 462 g/mol. The Labute approximate surface area is 201 Å². The van der Waals surface area contributed by atoms with Gasteiger partial charge in [0.2, 0.25) is 0 Å². The molecule has 0 saturated carbocycles. The number of hydrogen-bond acceptors (Lipinski definition) is 3. The van der Waals surface area contributed by atoms with Crippen LogP contribution in [-0.4, -0.2) is 41.8 Å². The van der Waals surface area contributed by atoms with Gasteiger partial charge in [-0.2, -0.15) is 0 Å². The summed E-state index contributed by atoms with van der Waals surface area (Å²) >= 11 is 0. The Kier molecular flexibility index (Phi) is 7.41. The zero-order valence-electron chi connectivity index (χ0n) is 20.0. The van der Waals surface area contributed by atoms with Crippen molar-refractivity contribution in [1.82, 2.24) is 15.2 Å². The molecule has 1 fully saturated rings. The summed E-state index contributed by atoms with van der Waals surface area (Å²) in [6.45, 7) is 4.39. The smallest absolute Gasteiger partial charge is 0.162 e. The van der Waals surface area contributed by atoms with Gasteiger partial charge in [0.05, 0.1) is 0 Å². The Morgan fingerprint density at radius 3 is 2.82 bits per heavy atom. The van der Waals surface area contributed by atoms with Crippen LogP contribution in [0.1, 0.15) is 78.2 Å². The second-order valence-electron chi connectivity index (χ2n) is 9.99. The number of halogens is 1. The summed E-state index contributed by atoms with van der Waals surface area (Å²) in [6, 6.07) is 13.3. The highest BCUT2D eigenvalue weighted by Crippen LogP contribution is 2.35. The van der Waals surface area contributed by atoms with Crippen LogP contribution in [0.5, 0.6) is 0 Å². The SMILES string of the molecule is O=C(CCCCN1CCCC1)c1ccc2[nH]c3c(c2c1)CCCC3NCCc1cccc(F)c1. The molecule has 1 saturated heterocycles. The number of fused-ring (bicyclic) bond motifs is 3. The number of benzene rings is 2. The third-order valence-corrected chi connectivity index (χ3v) is 7.55. The first-order chi connectivity index (χ1) is 16.7. The van der Waals surface area contributed by atoms with Crippen molar-refractivity contribution in [3.05, 3.63) is 70.7 Å². The molecule has 3 aromatic rings. The minimum Gasteiger partial charge on any atom is -0.357 e. The second kappa shape index (κ2) is 10.8. The number of carbonyl (C=O) groups excluding carboxylic acids is 1. The molecule has 0 radical (unpaired) electrons. The lowest BCUT2D eigenvalue weighted by molar-refractivity contribution is 0.0978. The predicted molar refractivity (Wildman–Crippen MR) is 136 cm³/mol. The van der Waals surface area contributed by atoms with E-state index in [0.717, 1.165) is 68.3 Å². The first-order valence-corrected chi connectivity index (χ1v) is 13.1. The number of likely N-dealkylation sites (tertiary alicyclic amines) is 1. The van der Waals surface area contributed by atoms with Crippen molar-refractivity contribution in [3.63, 3.8) is 0 Å². The van der Waals surface area contributed by atoms with Crippen molar-refractivity contribution < 1.29 is 9.18 Å². The Morgan fingerprint density at radius 2 is 1.97 bits per heavy atom. The van der Waals surface area contributed by atoms with Crippen LogP contribution in [0.3, 0.4) is 0 Å². The monoisotopic (exact) mass is 461 g/mol. The van der Waals surface area contributed by atoms with Gasteiger partial charge < -0.3 is 15.2 Å². The van der Waals surface area contributed by atoms with Gasteiger partial charge in [0.15, 0.2) is 5.78 Å². The molecule has 180 valence electrons. The number of H-pyrrole nitrogens is 1. The Hall–Kier alpha value is -2.50. The van der Waals surface area contributed by atoms with Crippen LogP contribution in [0.15, 0.2) is 42.5 Å². The summed E-state index contributed by atoms with van der Waals surface area (Å²) in [5, 5.41) is 4.88. The molecule has 2 aliphatic rings. The Balaban J connectivity index is 1.21. The molecule has 0 spiro atoms. The number of carbonyl (C=O) groups is 1. The van der Waals surface area contributed by atoms with Crippen LogP contribution < -0.4 is 5.32 Å². The lowest BCUT2D eigenvalue weighted by Crippen LogP contribution is -2.27. The molecular weight excluding hydrogens is 425 g/mol. The predicted octanol–water partition coefficient (Wildman–Crippen LogP) is 5.97. The summed E-state index contributed by atoms with van der Waals surface area (Å²) in [5.74, 6) is 0.0869. The third-order valence-electron chi connectivity index (χ3n) is 7.55. The number of nitrogens with one attached hydrogen (secondary N) is 2. The molecule has 0 amide bonds. The number of Topliss-reactive ketones (excluding diaryl/α,β-unsaturated/α-hetero) is 1. The maximum Gasteiger partial charge on any atom is 0.162 e. The molecular formula is C29H36FN3O. The van der Waals surface area contributed by atoms with E-state index in [0.29, 0.717) is 6.42 Å². The lowest BCUT2D eigenvalue weighted by Gasteiger charge is -2.24. The van der Waals surface area contributed by atoms with Gasteiger partial charge in [0, 0.05) is 34.6 Å². The highest BCUT2D eigenvalue weighted by molar-refractivity contribution is 6.00. The van der Waals surface area contributed by atoms with Crippen molar-refractivity contribution in [2.75, 3.05) is 26.2 Å². The number of aromatic nitrogens is 1. The Bertz CT molecular complexity index is 1130. The van der Waals surface area contributed by atoms with Crippen molar-refractivity contribution in [3.8, 4) is 0 Å². The van der Waals surface area contributed by atoms with Gasteiger partial charge in [-0.3, -0.25) is 4.79 Å². The van der Waals surface area contributed by atoms with Crippen LogP contribution in [0.2, 0.25) is 0 Å². The summed E-state index contributed by atoms with van der Waals surface area (Å²) in [4.78, 5) is 19.0. The highest BCUT2D eigenvalue weighted by atomic mass is 19.1. The van der Waals surface area contributed by atoms with Gasteiger partial charge in [-0.05, 0) is 119 Å². The first kappa shape index (κ1) is 23.3. The number of rotatable bonds is 10. The number of aromatic amines is 1. The number of nitrogens with zero attached hydrogens (tertiary/aromatic N) is 1. The lowest BCUT2D eigenvalue weighted by atomic mass is 9.91. The maximum atomic E-state index is 13.5. The van der Waals surface area contributed by atoms with E-state index < -0.39 is 0 Å². The standard InChI is InChI=1S/C29H36FN3O/c30-23-8-5-7-21(19-23)14-15-31-27-10-6-9-24-25-20-22(12-13-26(25)32-29(24)27)28(34)11-1-2-16-33-17-3-4-18-33/h5,7-8,12-13,19-20,27,31-32H,1-4,6,9-11,14-18H2. The number of unbranched alkanes of at least 4 members (excludes halogenated alkanes) is 1. The molecule has 0 bridgehead atoms.